The molecule has 0 aliphatic carbocycles. The number of halogens is 1. The Hall–Kier alpha value is -4.24. The minimum atomic E-state index is -1.34. The summed E-state index contributed by atoms with van der Waals surface area (Å²) in [5.74, 6) is 0.638. The summed E-state index contributed by atoms with van der Waals surface area (Å²) in [6.45, 7) is 0. The number of aromatic nitrogens is 11. The molecule has 2 saturated heterocycles. The van der Waals surface area contributed by atoms with Gasteiger partial charge in [-0.05, 0) is 11.6 Å². The highest BCUT2D eigenvalue weighted by Gasteiger charge is 2.46. The summed E-state index contributed by atoms with van der Waals surface area (Å²) < 4.78 is 14.9. The fourth-order valence-corrected chi connectivity index (χ4v) is 5.54. The van der Waals surface area contributed by atoms with E-state index in [1.807, 2.05) is 0 Å². The van der Waals surface area contributed by atoms with Crippen molar-refractivity contribution in [2.45, 2.75) is 61.9 Å². The second-order valence-electron chi connectivity index (χ2n) is 10.1. The van der Waals surface area contributed by atoms with Gasteiger partial charge < -0.3 is 41.4 Å². The Labute approximate surface area is 245 Å². The van der Waals surface area contributed by atoms with Crippen LogP contribution in [-0.2, 0) is 22.3 Å². The maximum atomic E-state index is 10.8. The summed E-state index contributed by atoms with van der Waals surface area (Å²) in [6, 6.07) is 0. The van der Waals surface area contributed by atoms with Gasteiger partial charge in [0.25, 0.3) is 0 Å². The number of nitrogens with zero attached hydrogens (tertiary/aromatic N) is 11. The van der Waals surface area contributed by atoms with Gasteiger partial charge in [0.15, 0.2) is 35.4 Å². The minimum absolute atomic E-state index is 0.0464. The molecule has 7 heterocycles. The Kier molecular flexibility index (Phi) is 6.73. The smallest absolute Gasteiger partial charge is 0.225 e. The lowest BCUT2D eigenvalue weighted by Gasteiger charge is -2.16. The highest BCUT2D eigenvalue weighted by Crippen LogP contribution is 2.35. The first kappa shape index (κ1) is 27.6. The Morgan fingerprint density at radius 2 is 1.09 bits per heavy atom. The summed E-state index contributed by atoms with van der Waals surface area (Å²) in [7, 11) is 0. The first-order valence-electron chi connectivity index (χ1n) is 13.0. The Bertz CT molecular complexity index is 1700. The van der Waals surface area contributed by atoms with E-state index in [0.717, 1.165) is 0 Å². The zero-order valence-electron chi connectivity index (χ0n) is 21.9. The predicted octanol–water partition coefficient (Wildman–Crippen LogP) is -2.31. The van der Waals surface area contributed by atoms with E-state index >= 15 is 0 Å². The molecule has 20 heteroatoms. The number of nitrogen functional groups attached to an aromatic ring is 2. The normalized spacial score (nSPS) is 29.2. The van der Waals surface area contributed by atoms with E-state index in [1.54, 1.807) is 0 Å². The summed E-state index contributed by atoms with van der Waals surface area (Å²) >= 11 is 6.19. The van der Waals surface area contributed by atoms with Crippen molar-refractivity contribution in [1.82, 2.24) is 54.0 Å². The lowest BCUT2D eigenvalue weighted by Crippen LogP contribution is -2.33. The second kappa shape index (κ2) is 10.5. The average Bonchev–Trinajstić information content (AvgIpc) is 3.73. The molecule has 0 bridgehead atoms. The molecule has 0 aromatic carbocycles. The SMILES string of the molecule is Nc1ncnc2c1ncn2[C@@H]1O[C@H](Cc2nc(Cl)nc(C[C@H]3O[C@@H](n4cnc5c(N)ncnc54)[C@H](O)[C@@H]3O)n2)[C@@H](O)[C@H]1O. The quantitative estimate of drug-likeness (QED) is 0.117. The third kappa shape index (κ3) is 4.66. The molecule has 0 radical (unpaired) electrons. The number of anilines is 2. The molecule has 0 spiro atoms. The number of hydrogen-bond acceptors (Lipinski definition) is 17. The van der Waals surface area contributed by atoms with Gasteiger partial charge in [0, 0.05) is 12.8 Å². The van der Waals surface area contributed by atoms with Crippen molar-refractivity contribution in [3.05, 3.63) is 42.2 Å². The predicted molar refractivity (Wildman–Crippen MR) is 144 cm³/mol. The first-order chi connectivity index (χ1) is 20.7. The van der Waals surface area contributed by atoms with Crippen LogP contribution < -0.4 is 11.5 Å². The summed E-state index contributed by atoms with van der Waals surface area (Å²) in [4.78, 5) is 37.2. The fraction of sp³-hybridized carbons (Fsp3) is 0.435. The van der Waals surface area contributed by atoms with E-state index < -0.39 is 49.1 Å². The van der Waals surface area contributed by atoms with Crippen molar-refractivity contribution in [3.63, 3.8) is 0 Å². The van der Waals surface area contributed by atoms with Gasteiger partial charge in [0.05, 0.1) is 24.9 Å². The van der Waals surface area contributed by atoms with Gasteiger partial charge >= 0.3 is 0 Å². The summed E-state index contributed by atoms with van der Waals surface area (Å²) in [6.07, 6.45) is -4.05. The largest absolute Gasteiger partial charge is 0.388 e. The summed E-state index contributed by atoms with van der Waals surface area (Å²) in [5.41, 5.74) is 13.0. The van der Waals surface area contributed by atoms with Crippen molar-refractivity contribution in [1.29, 1.82) is 0 Å². The number of aliphatic hydroxyl groups excluding tert-OH is 4. The first-order valence-corrected chi connectivity index (χ1v) is 13.4. The number of nitrogens with two attached hydrogens (primary N) is 2. The molecule has 0 unspecified atom stereocenters. The van der Waals surface area contributed by atoms with Gasteiger partial charge in [0.1, 0.15) is 59.8 Å². The monoisotopic (exact) mass is 613 g/mol. The molecule has 43 heavy (non-hydrogen) atoms. The number of fused-ring (bicyclic) bond motifs is 2. The lowest BCUT2D eigenvalue weighted by atomic mass is 10.1. The molecule has 5 aromatic rings. The van der Waals surface area contributed by atoms with Gasteiger partial charge in [0.2, 0.25) is 5.28 Å². The van der Waals surface area contributed by atoms with Crippen LogP contribution in [-0.4, -0.2) is 111 Å². The van der Waals surface area contributed by atoms with E-state index in [2.05, 4.69) is 44.9 Å². The molecule has 8 N–H and O–H groups in total. The zero-order chi connectivity index (χ0) is 30.0. The van der Waals surface area contributed by atoms with Crippen LogP contribution in [0.25, 0.3) is 22.3 Å². The third-order valence-corrected chi connectivity index (χ3v) is 7.63. The molecular weight excluding hydrogens is 590 g/mol. The van der Waals surface area contributed by atoms with Crippen LogP contribution in [0.4, 0.5) is 11.6 Å². The standard InChI is InChI=1S/C23H24ClN13O6/c24-23-34-9(1-7-13(38)15(40)21(42-7)36-5-31-11-17(25)27-3-29-19(11)36)33-10(35-23)2-8-14(39)16(41)22(43-8)37-6-32-12-18(26)28-4-30-20(12)37/h3-8,13-16,21-22,38-41H,1-2H2,(H2,25,27,29)(H2,26,28,30)/t7-,8-,13-,14-,15-,16-,21-,22-/m1/s1. The molecule has 2 fully saturated rings. The average molecular weight is 614 g/mol. The van der Waals surface area contributed by atoms with Crippen LogP contribution in [0.2, 0.25) is 5.28 Å². The lowest BCUT2D eigenvalue weighted by molar-refractivity contribution is -0.0356. The van der Waals surface area contributed by atoms with Crippen LogP contribution in [0.3, 0.4) is 0 Å². The number of ether oxygens (including phenoxy) is 2. The summed E-state index contributed by atoms with van der Waals surface area (Å²) in [5, 5.41) is 43.0. The Morgan fingerprint density at radius 3 is 1.53 bits per heavy atom. The van der Waals surface area contributed by atoms with Gasteiger partial charge in [-0.3, -0.25) is 9.13 Å². The van der Waals surface area contributed by atoms with Gasteiger partial charge in [-0.25, -0.2) is 44.9 Å². The van der Waals surface area contributed by atoms with Crippen LogP contribution in [0.1, 0.15) is 24.1 Å². The van der Waals surface area contributed by atoms with E-state index in [4.69, 9.17) is 32.5 Å². The van der Waals surface area contributed by atoms with Crippen molar-refractivity contribution in [3.8, 4) is 0 Å². The molecule has 7 rings (SSSR count). The number of hydrogen-bond donors (Lipinski definition) is 6. The highest BCUT2D eigenvalue weighted by molar-refractivity contribution is 6.28. The van der Waals surface area contributed by atoms with Gasteiger partial charge in [-0.15, -0.1) is 0 Å². The van der Waals surface area contributed by atoms with E-state index in [-0.39, 0.29) is 41.4 Å². The van der Waals surface area contributed by atoms with Crippen LogP contribution in [0.15, 0.2) is 25.3 Å². The molecule has 224 valence electrons. The number of aliphatic hydroxyl groups is 4. The zero-order valence-corrected chi connectivity index (χ0v) is 22.7. The molecule has 2 aliphatic heterocycles. The van der Waals surface area contributed by atoms with Crippen molar-refractivity contribution < 1.29 is 29.9 Å². The molecule has 5 aromatic heterocycles. The van der Waals surface area contributed by atoms with Crippen molar-refractivity contribution in [2.75, 3.05) is 11.5 Å². The third-order valence-electron chi connectivity index (χ3n) is 7.47. The maximum Gasteiger partial charge on any atom is 0.225 e. The minimum Gasteiger partial charge on any atom is -0.388 e. The maximum absolute atomic E-state index is 10.8. The van der Waals surface area contributed by atoms with Crippen molar-refractivity contribution in [2.24, 2.45) is 0 Å². The fourth-order valence-electron chi connectivity index (χ4n) is 5.35. The van der Waals surface area contributed by atoms with Gasteiger partial charge in [-0.1, -0.05) is 0 Å². The van der Waals surface area contributed by atoms with E-state index in [9.17, 15) is 20.4 Å². The van der Waals surface area contributed by atoms with Crippen LogP contribution in [0, 0.1) is 0 Å². The molecular formula is C23H24ClN13O6. The molecule has 19 nitrogen and oxygen atoms in total. The van der Waals surface area contributed by atoms with Crippen molar-refractivity contribution >= 4 is 45.6 Å². The Morgan fingerprint density at radius 1 is 0.651 bits per heavy atom. The number of imidazole rings is 2. The second-order valence-corrected chi connectivity index (χ2v) is 10.4. The molecule has 8 atom stereocenters. The van der Waals surface area contributed by atoms with Crippen LogP contribution in [0.5, 0.6) is 0 Å². The van der Waals surface area contributed by atoms with Crippen LogP contribution >= 0.6 is 11.6 Å². The van der Waals surface area contributed by atoms with E-state index in [1.165, 1.54) is 34.4 Å². The Balaban J connectivity index is 1.08. The van der Waals surface area contributed by atoms with E-state index in [0.29, 0.717) is 22.3 Å². The molecule has 0 amide bonds. The number of rotatable bonds is 6. The highest BCUT2D eigenvalue weighted by atomic mass is 35.5. The molecule has 2 aliphatic rings. The van der Waals surface area contributed by atoms with Gasteiger partial charge in [-0.2, -0.15) is 0 Å². The topological polar surface area (TPSA) is 277 Å². The molecule has 0 saturated carbocycles.